The number of benzene rings is 1. The molecule has 0 bridgehead atoms. The van der Waals surface area contributed by atoms with Crippen molar-refractivity contribution in [1.29, 1.82) is 0 Å². The Kier molecular flexibility index (Phi) is 4.41. The minimum Gasteiger partial charge on any atom is -0.493 e. The SMILES string of the molecule is [2H]C([2H])(C)C([2H])([2H])C([2H])([2H])Oc1cc2c(cc1CO)[C@H]1C[C@@H](O)[C@H](CC(C)C)CN1CC2. The Bertz CT molecular complexity index is 827. The predicted molar refractivity (Wildman–Crippen MR) is 104 cm³/mol. The first kappa shape index (κ1) is 13.1. The summed E-state index contributed by atoms with van der Waals surface area (Å²) in [6, 6.07) is 3.41. The number of fused-ring (bicyclic) bond motifs is 3. The minimum absolute atomic E-state index is 0.00416. The number of aliphatic hydroxyl groups is 2. The van der Waals surface area contributed by atoms with Crippen LogP contribution in [0.25, 0.3) is 0 Å². The van der Waals surface area contributed by atoms with E-state index in [2.05, 4.69) is 18.7 Å². The van der Waals surface area contributed by atoms with Crippen LogP contribution in [0.1, 0.15) is 77.3 Å². The largest absolute Gasteiger partial charge is 0.493 e. The monoisotopic (exact) mass is 367 g/mol. The zero-order chi connectivity index (χ0) is 24.1. The van der Waals surface area contributed by atoms with E-state index in [4.69, 9.17) is 13.0 Å². The van der Waals surface area contributed by atoms with Gasteiger partial charge in [0.25, 0.3) is 0 Å². The van der Waals surface area contributed by atoms with Gasteiger partial charge in [0, 0.05) is 30.2 Å². The highest BCUT2D eigenvalue weighted by Crippen LogP contribution is 2.42. The molecule has 146 valence electrons. The number of rotatable bonds is 7. The maximum Gasteiger partial charge on any atom is 0.125 e. The van der Waals surface area contributed by atoms with Crippen molar-refractivity contribution in [3.05, 3.63) is 28.8 Å². The average molecular weight is 368 g/mol. The normalized spacial score (nSPS) is 30.9. The van der Waals surface area contributed by atoms with Gasteiger partial charge in [-0.3, -0.25) is 4.90 Å². The van der Waals surface area contributed by atoms with Gasteiger partial charge < -0.3 is 14.9 Å². The third-order valence-corrected chi connectivity index (χ3v) is 5.55. The van der Waals surface area contributed by atoms with Gasteiger partial charge in [-0.1, -0.05) is 27.1 Å². The van der Waals surface area contributed by atoms with Crippen LogP contribution in [-0.4, -0.2) is 40.9 Å². The summed E-state index contributed by atoms with van der Waals surface area (Å²) in [5.74, 6) is 0.757. The molecule has 3 atom stereocenters. The van der Waals surface area contributed by atoms with Crippen LogP contribution in [0.5, 0.6) is 5.75 Å². The van der Waals surface area contributed by atoms with Gasteiger partial charge in [-0.15, -0.1) is 0 Å². The van der Waals surface area contributed by atoms with Gasteiger partial charge in [-0.25, -0.2) is 0 Å². The molecular formula is C22H35NO3. The Morgan fingerprint density at radius 2 is 2.19 bits per heavy atom. The second kappa shape index (κ2) is 8.73. The van der Waals surface area contributed by atoms with Gasteiger partial charge in [-0.05, 0) is 60.7 Å². The molecule has 26 heavy (non-hydrogen) atoms. The second-order valence-electron chi connectivity index (χ2n) is 7.85. The van der Waals surface area contributed by atoms with Crippen LogP contribution >= 0.6 is 0 Å². The second-order valence-corrected chi connectivity index (χ2v) is 7.85. The molecule has 0 radical (unpaired) electrons. The maximum absolute atomic E-state index is 10.8. The lowest BCUT2D eigenvalue weighted by Gasteiger charge is -2.46. The molecule has 1 aromatic rings. The fraction of sp³-hybridized carbons (Fsp3) is 0.727. The van der Waals surface area contributed by atoms with Gasteiger partial charge in [0.05, 0.1) is 22.0 Å². The topological polar surface area (TPSA) is 52.9 Å². The van der Waals surface area contributed by atoms with E-state index in [1.165, 1.54) is 0 Å². The zero-order valence-electron chi connectivity index (χ0n) is 22.0. The number of piperidine rings is 1. The molecule has 2 aliphatic rings. The summed E-state index contributed by atoms with van der Waals surface area (Å²) in [5, 5.41) is 20.7. The van der Waals surface area contributed by atoms with E-state index < -0.39 is 32.0 Å². The molecule has 4 nitrogen and oxygen atoms in total. The van der Waals surface area contributed by atoms with Crippen LogP contribution in [0.2, 0.25) is 0 Å². The molecule has 2 heterocycles. The lowest BCUT2D eigenvalue weighted by Crippen LogP contribution is -2.48. The minimum atomic E-state index is -2.95. The highest BCUT2D eigenvalue weighted by molar-refractivity contribution is 5.45. The molecule has 2 aliphatic heterocycles. The van der Waals surface area contributed by atoms with Gasteiger partial charge in [0.2, 0.25) is 0 Å². The Morgan fingerprint density at radius 1 is 1.38 bits per heavy atom. The molecule has 3 rings (SSSR count). The van der Waals surface area contributed by atoms with E-state index in [0.29, 0.717) is 24.3 Å². The first-order chi connectivity index (χ1) is 14.7. The number of aliphatic hydroxyl groups excluding tert-OH is 2. The zero-order valence-corrected chi connectivity index (χ0v) is 16.0. The Balaban J connectivity index is 1.90. The van der Waals surface area contributed by atoms with Crippen LogP contribution in [0.3, 0.4) is 0 Å². The summed E-state index contributed by atoms with van der Waals surface area (Å²) in [5.41, 5.74) is 2.22. The van der Waals surface area contributed by atoms with Crippen molar-refractivity contribution in [1.82, 2.24) is 4.90 Å². The molecule has 0 spiro atoms. The molecule has 0 aliphatic carbocycles. The van der Waals surface area contributed by atoms with Crippen LogP contribution in [0.15, 0.2) is 12.1 Å². The Morgan fingerprint density at radius 3 is 2.88 bits per heavy atom. The van der Waals surface area contributed by atoms with Crippen molar-refractivity contribution in [2.24, 2.45) is 11.8 Å². The molecule has 1 fully saturated rings. The van der Waals surface area contributed by atoms with Crippen LogP contribution in [0, 0.1) is 11.8 Å². The summed E-state index contributed by atoms with van der Waals surface area (Å²) in [6.07, 6.45) is -3.55. The van der Waals surface area contributed by atoms with Crippen molar-refractivity contribution >= 4 is 0 Å². The first-order valence-corrected chi connectivity index (χ1v) is 9.55. The maximum atomic E-state index is 10.8. The summed E-state index contributed by atoms with van der Waals surface area (Å²) in [6.45, 7) is 3.52. The number of ether oxygens (including phenoxy) is 1. The van der Waals surface area contributed by atoms with Crippen LogP contribution in [-0.2, 0) is 13.0 Å². The molecule has 4 heteroatoms. The van der Waals surface area contributed by atoms with E-state index in [1.807, 2.05) is 0 Å². The number of hydrogen-bond acceptors (Lipinski definition) is 4. The average Bonchev–Trinajstić information content (AvgIpc) is 2.66. The van der Waals surface area contributed by atoms with Gasteiger partial charge in [0.1, 0.15) is 5.75 Å². The molecule has 0 saturated carbocycles. The summed E-state index contributed by atoms with van der Waals surface area (Å²) >= 11 is 0. The lowest BCUT2D eigenvalue weighted by atomic mass is 9.79. The van der Waals surface area contributed by atoms with E-state index in [-0.39, 0.29) is 17.7 Å². The molecule has 0 aromatic heterocycles. The molecule has 1 saturated heterocycles. The van der Waals surface area contributed by atoms with Crippen molar-refractivity contribution in [3.63, 3.8) is 0 Å². The quantitative estimate of drug-likeness (QED) is 0.772. The molecule has 2 N–H and O–H groups in total. The van der Waals surface area contributed by atoms with Crippen molar-refractivity contribution in [2.75, 3.05) is 19.6 Å². The first-order valence-electron chi connectivity index (χ1n) is 12.6. The smallest absolute Gasteiger partial charge is 0.125 e. The summed E-state index contributed by atoms with van der Waals surface area (Å²) in [4.78, 5) is 2.37. The summed E-state index contributed by atoms with van der Waals surface area (Å²) < 4.78 is 52.8. The van der Waals surface area contributed by atoms with Crippen LogP contribution < -0.4 is 4.74 Å². The number of hydrogen-bond donors (Lipinski definition) is 2. The Labute approximate surface area is 166 Å². The van der Waals surface area contributed by atoms with E-state index in [1.54, 1.807) is 12.1 Å². The fourth-order valence-corrected chi connectivity index (χ4v) is 4.35. The lowest BCUT2D eigenvalue weighted by molar-refractivity contribution is -0.0191. The van der Waals surface area contributed by atoms with Crippen molar-refractivity contribution < 1.29 is 23.2 Å². The van der Waals surface area contributed by atoms with Crippen LogP contribution in [0.4, 0.5) is 0 Å². The molecular weight excluding hydrogens is 326 g/mol. The summed E-state index contributed by atoms with van der Waals surface area (Å²) in [7, 11) is 0. The number of nitrogens with zero attached hydrogens (tertiary/aromatic N) is 1. The van der Waals surface area contributed by atoms with Crippen molar-refractivity contribution in [2.45, 2.75) is 71.5 Å². The van der Waals surface area contributed by atoms with Crippen molar-refractivity contribution in [3.8, 4) is 5.75 Å². The molecule has 1 aromatic carbocycles. The van der Waals surface area contributed by atoms with E-state index in [0.717, 1.165) is 37.6 Å². The van der Waals surface area contributed by atoms with E-state index in [9.17, 15) is 10.2 Å². The third kappa shape index (κ3) is 4.24. The van der Waals surface area contributed by atoms with Gasteiger partial charge in [-0.2, -0.15) is 0 Å². The van der Waals surface area contributed by atoms with Gasteiger partial charge in [0.15, 0.2) is 0 Å². The standard InChI is InChI=1S/C22H35NO3/c1-4-5-8-26-22-11-16-6-7-23-13-17(9-15(2)3)21(25)12-20(23)19(16)10-18(22)14-24/h10-11,15,17,20-21,24-25H,4-9,12-14H2,1-3H3/t17-,20-,21-/m1/s1/i4D2,5D2,8D2. The van der Waals surface area contributed by atoms with Gasteiger partial charge >= 0.3 is 0 Å². The fourth-order valence-electron chi connectivity index (χ4n) is 4.35. The predicted octanol–water partition coefficient (Wildman–Crippen LogP) is 3.68. The third-order valence-electron chi connectivity index (χ3n) is 5.55. The Hall–Kier alpha value is -1.10. The van der Waals surface area contributed by atoms with E-state index >= 15 is 0 Å². The highest BCUT2D eigenvalue weighted by Gasteiger charge is 2.38. The molecule has 0 unspecified atom stereocenters. The molecule has 0 amide bonds. The highest BCUT2D eigenvalue weighted by atomic mass is 16.5.